The SMILES string of the molecule is CCC1C(=O)NCCN1S(=O)(=O)C1CC1. The molecule has 1 aliphatic heterocycles. The van der Waals surface area contributed by atoms with Crippen LogP contribution in [0.5, 0.6) is 0 Å². The first-order valence-electron chi connectivity index (χ1n) is 5.35. The van der Waals surface area contributed by atoms with Crippen LogP contribution < -0.4 is 5.32 Å². The van der Waals surface area contributed by atoms with E-state index in [1.165, 1.54) is 4.31 Å². The lowest BCUT2D eigenvalue weighted by Gasteiger charge is -2.33. The van der Waals surface area contributed by atoms with Crippen LogP contribution in [0.2, 0.25) is 0 Å². The molecule has 2 rings (SSSR count). The van der Waals surface area contributed by atoms with Gasteiger partial charge in [-0.15, -0.1) is 0 Å². The zero-order valence-electron chi connectivity index (χ0n) is 8.77. The topological polar surface area (TPSA) is 66.5 Å². The van der Waals surface area contributed by atoms with E-state index in [0.717, 1.165) is 12.8 Å². The quantitative estimate of drug-likeness (QED) is 0.726. The molecule has 15 heavy (non-hydrogen) atoms. The summed E-state index contributed by atoms with van der Waals surface area (Å²) in [5, 5.41) is 2.47. The van der Waals surface area contributed by atoms with E-state index < -0.39 is 16.1 Å². The summed E-state index contributed by atoms with van der Waals surface area (Å²) in [6.45, 7) is 2.69. The Labute approximate surface area is 89.9 Å². The molecule has 1 unspecified atom stereocenters. The minimum absolute atomic E-state index is 0.159. The van der Waals surface area contributed by atoms with E-state index in [-0.39, 0.29) is 11.2 Å². The van der Waals surface area contributed by atoms with Gasteiger partial charge in [0.15, 0.2) is 0 Å². The van der Waals surface area contributed by atoms with Gasteiger partial charge in [0.25, 0.3) is 0 Å². The highest BCUT2D eigenvalue weighted by Gasteiger charge is 2.45. The Morgan fingerprint density at radius 2 is 2.13 bits per heavy atom. The number of hydrogen-bond donors (Lipinski definition) is 1. The van der Waals surface area contributed by atoms with Gasteiger partial charge in [-0.1, -0.05) is 6.92 Å². The Hall–Kier alpha value is -0.620. The highest BCUT2D eigenvalue weighted by Crippen LogP contribution is 2.32. The summed E-state index contributed by atoms with van der Waals surface area (Å²) >= 11 is 0. The summed E-state index contributed by atoms with van der Waals surface area (Å²) in [5.74, 6) is -0.159. The fourth-order valence-corrected chi connectivity index (χ4v) is 4.00. The first kappa shape index (κ1) is 10.9. The summed E-state index contributed by atoms with van der Waals surface area (Å²) < 4.78 is 25.4. The maximum absolute atomic E-state index is 12.0. The van der Waals surface area contributed by atoms with Gasteiger partial charge < -0.3 is 5.32 Å². The number of nitrogens with one attached hydrogen (secondary N) is 1. The molecule has 86 valence electrons. The smallest absolute Gasteiger partial charge is 0.238 e. The Bertz CT molecular complexity index is 362. The van der Waals surface area contributed by atoms with Crippen molar-refractivity contribution in [3.63, 3.8) is 0 Å². The van der Waals surface area contributed by atoms with Crippen molar-refractivity contribution in [3.8, 4) is 0 Å². The van der Waals surface area contributed by atoms with Gasteiger partial charge in [-0.3, -0.25) is 4.79 Å². The third kappa shape index (κ3) is 1.88. The molecule has 1 N–H and O–H groups in total. The summed E-state index contributed by atoms with van der Waals surface area (Å²) in [6, 6.07) is -0.496. The van der Waals surface area contributed by atoms with Gasteiger partial charge in [0.2, 0.25) is 15.9 Å². The lowest BCUT2D eigenvalue weighted by molar-refractivity contribution is -0.126. The van der Waals surface area contributed by atoms with Crippen LogP contribution in [-0.4, -0.2) is 43.0 Å². The van der Waals surface area contributed by atoms with Crippen molar-refractivity contribution in [3.05, 3.63) is 0 Å². The van der Waals surface area contributed by atoms with Crippen LogP contribution in [0.3, 0.4) is 0 Å². The molecule has 0 spiro atoms. The van der Waals surface area contributed by atoms with Crippen LogP contribution in [0, 0.1) is 0 Å². The van der Waals surface area contributed by atoms with Gasteiger partial charge in [-0.05, 0) is 19.3 Å². The monoisotopic (exact) mass is 232 g/mol. The number of nitrogens with zero attached hydrogens (tertiary/aromatic N) is 1. The number of rotatable bonds is 3. The zero-order valence-corrected chi connectivity index (χ0v) is 9.59. The second kappa shape index (κ2) is 3.75. The zero-order chi connectivity index (χ0) is 11.1. The lowest BCUT2D eigenvalue weighted by atomic mass is 10.2. The molecule has 5 nitrogen and oxygen atoms in total. The van der Waals surface area contributed by atoms with Crippen molar-refractivity contribution in [1.29, 1.82) is 0 Å². The molecule has 2 fully saturated rings. The first-order valence-corrected chi connectivity index (χ1v) is 6.86. The van der Waals surface area contributed by atoms with Gasteiger partial charge in [-0.25, -0.2) is 8.42 Å². The van der Waals surface area contributed by atoms with E-state index in [4.69, 9.17) is 0 Å². The number of carbonyl (C=O) groups is 1. The summed E-state index contributed by atoms with van der Waals surface area (Å²) in [6.07, 6.45) is 2.03. The van der Waals surface area contributed by atoms with E-state index in [9.17, 15) is 13.2 Å². The van der Waals surface area contributed by atoms with Crippen LogP contribution in [0.25, 0.3) is 0 Å². The van der Waals surface area contributed by atoms with Crippen LogP contribution in [-0.2, 0) is 14.8 Å². The minimum Gasteiger partial charge on any atom is -0.353 e. The van der Waals surface area contributed by atoms with Gasteiger partial charge in [0, 0.05) is 13.1 Å². The average Bonchev–Trinajstić information content (AvgIpc) is 3.00. The van der Waals surface area contributed by atoms with Crippen molar-refractivity contribution >= 4 is 15.9 Å². The van der Waals surface area contributed by atoms with E-state index >= 15 is 0 Å². The number of piperazine rings is 1. The second-order valence-electron chi connectivity index (χ2n) is 4.07. The molecule has 1 heterocycles. The molecule has 0 aromatic heterocycles. The van der Waals surface area contributed by atoms with Gasteiger partial charge in [-0.2, -0.15) is 4.31 Å². The van der Waals surface area contributed by atoms with Crippen LogP contribution in [0.15, 0.2) is 0 Å². The molecule has 2 aliphatic rings. The first-order chi connectivity index (χ1) is 7.07. The number of carbonyl (C=O) groups excluding carboxylic acids is 1. The molecule has 1 atom stereocenters. The maximum atomic E-state index is 12.0. The predicted octanol–water partition coefficient (Wildman–Crippen LogP) is -0.311. The molecular formula is C9H16N2O3S. The van der Waals surface area contributed by atoms with E-state index in [1.807, 2.05) is 6.92 Å². The number of amides is 1. The Kier molecular flexibility index (Phi) is 2.72. The van der Waals surface area contributed by atoms with Gasteiger partial charge in [0.05, 0.1) is 5.25 Å². The molecule has 0 radical (unpaired) electrons. The largest absolute Gasteiger partial charge is 0.353 e. The number of hydrogen-bond acceptors (Lipinski definition) is 3. The average molecular weight is 232 g/mol. The molecular weight excluding hydrogens is 216 g/mol. The van der Waals surface area contributed by atoms with E-state index in [0.29, 0.717) is 19.5 Å². The molecule has 1 amide bonds. The fraction of sp³-hybridized carbons (Fsp3) is 0.889. The van der Waals surface area contributed by atoms with Gasteiger partial charge >= 0.3 is 0 Å². The normalized spacial score (nSPS) is 28.9. The Morgan fingerprint density at radius 1 is 1.47 bits per heavy atom. The van der Waals surface area contributed by atoms with Crippen LogP contribution >= 0.6 is 0 Å². The molecule has 1 aliphatic carbocycles. The van der Waals surface area contributed by atoms with E-state index in [2.05, 4.69) is 5.32 Å². The fourth-order valence-electron chi connectivity index (χ4n) is 1.94. The van der Waals surface area contributed by atoms with Crippen molar-refractivity contribution < 1.29 is 13.2 Å². The van der Waals surface area contributed by atoms with E-state index in [1.54, 1.807) is 0 Å². The molecule has 1 saturated carbocycles. The summed E-state index contributed by atoms with van der Waals surface area (Å²) in [7, 11) is -3.21. The third-order valence-electron chi connectivity index (χ3n) is 2.94. The lowest BCUT2D eigenvalue weighted by Crippen LogP contribution is -2.57. The van der Waals surface area contributed by atoms with Crippen molar-refractivity contribution in [2.45, 2.75) is 37.5 Å². The standard InChI is InChI=1S/C9H16N2O3S/c1-2-8-9(12)10-5-6-11(8)15(13,14)7-3-4-7/h7-8H,2-6H2,1H3,(H,10,12). The predicted molar refractivity (Wildman–Crippen MR) is 55.7 cm³/mol. The summed E-state index contributed by atoms with van der Waals surface area (Å²) in [4.78, 5) is 11.5. The van der Waals surface area contributed by atoms with Crippen LogP contribution in [0.4, 0.5) is 0 Å². The molecule has 0 bridgehead atoms. The molecule has 0 aromatic rings. The molecule has 1 saturated heterocycles. The maximum Gasteiger partial charge on any atom is 0.238 e. The minimum atomic E-state index is -3.21. The van der Waals surface area contributed by atoms with Crippen LogP contribution in [0.1, 0.15) is 26.2 Å². The number of sulfonamides is 1. The second-order valence-corrected chi connectivity index (χ2v) is 6.24. The summed E-state index contributed by atoms with van der Waals surface area (Å²) in [5.41, 5.74) is 0. The Morgan fingerprint density at radius 3 is 2.67 bits per heavy atom. The van der Waals surface area contributed by atoms with Crippen molar-refractivity contribution in [2.75, 3.05) is 13.1 Å². The van der Waals surface area contributed by atoms with Crippen molar-refractivity contribution in [2.24, 2.45) is 0 Å². The van der Waals surface area contributed by atoms with Crippen molar-refractivity contribution in [1.82, 2.24) is 9.62 Å². The third-order valence-corrected chi connectivity index (χ3v) is 5.35. The molecule has 0 aromatic carbocycles. The highest BCUT2D eigenvalue weighted by molar-refractivity contribution is 7.90. The van der Waals surface area contributed by atoms with Gasteiger partial charge in [0.1, 0.15) is 6.04 Å². The Balaban J connectivity index is 2.22. The highest BCUT2D eigenvalue weighted by atomic mass is 32.2. The molecule has 6 heteroatoms.